The molecule has 2 unspecified atom stereocenters. The third-order valence-electron chi connectivity index (χ3n) is 5.06. The van der Waals surface area contributed by atoms with Gasteiger partial charge < -0.3 is 0 Å². The molecule has 2 saturated heterocycles. The van der Waals surface area contributed by atoms with Gasteiger partial charge in [-0.1, -0.05) is 35.9 Å². The Kier molecular flexibility index (Phi) is 3.61. The quantitative estimate of drug-likeness (QED) is 0.778. The van der Waals surface area contributed by atoms with Crippen LogP contribution in [0.5, 0.6) is 0 Å². The molecule has 6 heteroatoms. The van der Waals surface area contributed by atoms with Gasteiger partial charge in [0, 0.05) is 11.4 Å². The van der Waals surface area contributed by atoms with Crippen LogP contribution >= 0.6 is 0 Å². The molecule has 2 aliphatic rings. The highest BCUT2D eigenvalue weighted by atomic mass is 32.2. The second-order valence-corrected chi connectivity index (χ2v) is 9.01. The Labute approximate surface area is 147 Å². The summed E-state index contributed by atoms with van der Waals surface area (Å²) in [6.45, 7) is 3.92. The summed E-state index contributed by atoms with van der Waals surface area (Å²) in [5.74, 6) is 0.0275. The predicted octanol–water partition coefficient (Wildman–Crippen LogP) is 2.92. The summed E-state index contributed by atoms with van der Waals surface area (Å²) in [7, 11) is -3.17. The Morgan fingerprint density at radius 2 is 1.48 bits per heavy atom. The van der Waals surface area contributed by atoms with Crippen molar-refractivity contribution in [2.24, 2.45) is 0 Å². The number of rotatable bonds is 2. The van der Waals surface area contributed by atoms with Crippen LogP contribution in [0, 0.1) is 13.8 Å². The van der Waals surface area contributed by atoms with Gasteiger partial charge in [0.15, 0.2) is 9.84 Å². The number of fused-ring (bicyclic) bond motifs is 1. The lowest BCUT2D eigenvalue weighted by atomic mass is 10.1. The van der Waals surface area contributed by atoms with E-state index < -0.39 is 9.84 Å². The molecule has 2 atom stereocenters. The van der Waals surface area contributed by atoms with Crippen molar-refractivity contribution in [3.05, 3.63) is 59.7 Å². The lowest BCUT2D eigenvalue weighted by molar-refractivity contribution is 0.255. The Balaban J connectivity index is 1.83. The first-order chi connectivity index (χ1) is 11.9. The number of hydrogen-bond donors (Lipinski definition) is 0. The standard InChI is InChI=1S/C19H20N2O3S/c1-13-7-9-15(10-8-13)20-17-11-25(23,24)12-18(17)21(19(20)22)16-6-4-3-5-14(16)2/h3-10,17-18H,11-12H2,1-2H3. The molecular weight excluding hydrogens is 336 g/mol. The molecule has 2 amide bonds. The third-order valence-corrected chi connectivity index (χ3v) is 6.75. The molecule has 2 heterocycles. The summed E-state index contributed by atoms with van der Waals surface area (Å²) < 4.78 is 24.6. The molecule has 2 aliphatic heterocycles. The van der Waals surface area contributed by atoms with E-state index in [1.165, 1.54) is 0 Å². The average molecular weight is 356 g/mol. The maximum absolute atomic E-state index is 13.2. The predicted molar refractivity (Wildman–Crippen MR) is 98.9 cm³/mol. The van der Waals surface area contributed by atoms with E-state index in [0.29, 0.717) is 0 Å². The monoisotopic (exact) mass is 356 g/mol. The summed E-state index contributed by atoms with van der Waals surface area (Å²) in [4.78, 5) is 16.6. The van der Waals surface area contributed by atoms with Crippen molar-refractivity contribution < 1.29 is 13.2 Å². The van der Waals surface area contributed by atoms with Crippen LogP contribution < -0.4 is 9.80 Å². The highest BCUT2D eigenvalue weighted by Gasteiger charge is 2.54. The van der Waals surface area contributed by atoms with E-state index in [-0.39, 0.29) is 29.6 Å². The minimum atomic E-state index is -3.17. The molecule has 2 fully saturated rings. The molecule has 0 spiro atoms. The molecule has 2 aromatic rings. The molecule has 2 aromatic carbocycles. The van der Waals surface area contributed by atoms with Gasteiger partial charge in [-0.15, -0.1) is 0 Å². The number of benzene rings is 2. The van der Waals surface area contributed by atoms with E-state index >= 15 is 0 Å². The van der Waals surface area contributed by atoms with Crippen molar-refractivity contribution in [2.45, 2.75) is 25.9 Å². The zero-order valence-corrected chi connectivity index (χ0v) is 15.0. The van der Waals surface area contributed by atoms with Crippen molar-refractivity contribution in [1.82, 2.24) is 0 Å². The first kappa shape index (κ1) is 16.1. The minimum Gasteiger partial charge on any atom is -0.288 e. The zero-order chi connectivity index (χ0) is 17.8. The SMILES string of the molecule is Cc1ccc(N2C(=O)N(c3ccccc3C)C3CS(=O)(=O)CC32)cc1. The first-order valence-electron chi connectivity index (χ1n) is 8.32. The van der Waals surface area contributed by atoms with Gasteiger partial charge in [-0.25, -0.2) is 13.2 Å². The molecule has 0 aromatic heterocycles. The normalized spacial score (nSPS) is 24.6. The van der Waals surface area contributed by atoms with E-state index in [4.69, 9.17) is 0 Å². The molecule has 0 radical (unpaired) electrons. The maximum Gasteiger partial charge on any atom is 0.329 e. The molecule has 4 rings (SSSR count). The lowest BCUT2D eigenvalue weighted by Gasteiger charge is -2.24. The number of para-hydroxylation sites is 1. The number of nitrogens with zero attached hydrogens (tertiary/aromatic N) is 2. The minimum absolute atomic E-state index is 0.0136. The number of hydrogen-bond acceptors (Lipinski definition) is 3. The van der Waals surface area contributed by atoms with E-state index in [9.17, 15) is 13.2 Å². The maximum atomic E-state index is 13.2. The van der Waals surface area contributed by atoms with Gasteiger partial charge in [-0.05, 0) is 37.6 Å². The smallest absolute Gasteiger partial charge is 0.288 e. The van der Waals surface area contributed by atoms with Crippen LogP contribution in [0.15, 0.2) is 48.5 Å². The van der Waals surface area contributed by atoms with Gasteiger partial charge in [0.05, 0.1) is 23.6 Å². The van der Waals surface area contributed by atoms with Crippen LogP contribution in [-0.4, -0.2) is 38.0 Å². The Morgan fingerprint density at radius 1 is 0.880 bits per heavy atom. The fourth-order valence-corrected chi connectivity index (χ4v) is 5.75. The van der Waals surface area contributed by atoms with E-state index in [0.717, 1.165) is 22.5 Å². The van der Waals surface area contributed by atoms with Gasteiger partial charge in [0.2, 0.25) is 0 Å². The van der Waals surface area contributed by atoms with Crippen molar-refractivity contribution in [2.75, 3.05) is 21.3 Å². The summed E-state index contributed by atoms with van der Waals surface area (Å²) >= 11 is 0. The number of urea groups is 1. The number of amides is 2. The number of anilines is 2. The molecule has 25 heavy (non-hydrogen) atoms. The van der Waals surface area contributed by atoms with Crippen molar-refractivity contribution in [1.29, 1.82) is 0 Å². The lowest BCUT2D eigenvalue weighted by Crippen LogP contribution is -2.38. The summed E-state index contributed by atoms with van der Waals surface area (Å²) in [6.07, 6.45) is 0. The molecule has 0 N–H and O–H groups in total. The van der Waals surface area contributed by atoms with Gasteiger partial charge in [0.25, 0.3) is 0 Å². The molecule has 0 bridgehead atoms. The number of carbonyl (C=O) groups excluding carboxylic acids is 1. The molecule has 5 nitrogen and oxygen atoms in total. The number of carbonyl (C=O) groups is 1. The highest BCUT2D eigenvalue weighted by Crippen LogP contribution is 2.38. The van der Waals surface area contributed by atoms with Crippen molar-refractivity contribution >= 4 is 27.2 Å². The average Bonchev–Trinajstić information content (AvgIpc) is 2.99. The van der Waals surface area contributed by atoms with Gasteiger partial charge >= 0.3 is 6.03 Å². The molecule has 130 valence electrons. The Bertz CT molecular complexity index is 937. The van der Waals surface area contributed by atoms with Crippen molar-refractivity contribution in [3.8, 4) is 0 Å². The van der Waals surface area contributed by atoms with Crippen LogP contribution in [0.25, 0.3) is 0 Å². The fourth-order valence-electron chi connectivity index (χ4n) is 3.83. The largest absolute Gasteiger partial charge is 0.329 e. The molecular formula is C19H20N2O3S. The van der Waals surface area contributed by atoms with Crippen LogP contribution in [0.2, 0.25) is 0 Å². The van der Waals surface area contributed by atoms with Crippen molar-refractivity contribution in [3.63, 3.8) is 0 Å². The summed E-state index contributed by atoms with van der Waals surface area (Å²) in [5, 5.41) is 0. The topological polar surface area (TPSA) is 57.7 Å². The number of aryl methyl sites for hydroxylation is 2. The van der Waals surface area contributed by atoms with Crippen LogP contribution in [-0.2, 0) is 9.84 Å². The van der Waals surface area contributed by atoms with Gasteiger partial charge in [0.1, 0.15) is 0 Å². The summed E-state index contributed by atoms with van der Waals surface area (Å²) in [5.41, 5.74) is 3.60. The molecule has 0 saturated carbocycles. The van der Waals surface area contributed by atoms with Crippen LogP contribution in [0.4, 0.5) is 16.2 Å². The van der Waals surface area contributed by atoms with Crippen LogP contribution in [0.1, 0.15) is 11.1 Å². The highest BCUT2D eigenvalue weighted by molar-refractivity contribution is 7.91. The fraction of sp³-hybridized carbons (Fsp3) is 0.316. The molecule has 0 aliphatic carbocycles. The number of sulfone groups is 1. The first-order valence-corrected chi connectivity index (χ1v) is 10.1. The van der Waals surface area contributed by atoms with E-state index in [1.54, 1.807) is 9.80 Å². The zero-order valence-electron chi connectivity index (χ0n) is 14.2. The second kappa shape index (κ2) is 5.59. The van der Waals surface area contributed by atoms with Gasteiger partial charge in [-0.2, -0.15) is 0 Å². The Hall–Kier alpha value is -2.34. The van der Waals surface area contributed by atoms with Crippen LogP contribution in [0.3, 0.4) is 0 Å². The van der Waals surface area contributed by atoms with E-state index in [2.05, 4.69) is 0 Å². The van der Waals surface area contributed by atoms with E-state index in [1.807, 2.05) is 62.4 Å². The summed E-state index contributed by atoms with van der Waals surface area (Å²) in [6, 6.07) is 14.4. The van der Waals surface area contributed by atoms with Gasteiger partial charge in [-0.3, -0.25) is 9.80 Å². The second-order valence-electron chi connectivity index (χ2n) is 6.86. The third kappa shape index (κ3) is 2.61. The Morgan fingerprint density at radius 3 is 2.12 bits per heavy atom.